The first-order valence-electron chi connectivity index (χ1n) is 5.04. The van der Waals surface area contributed by atoms with E-state index in [1.165, 1.54) is 12.1 Å². The lowest BCUT2D eigenvalue weighted by Gasteiger charge is -2.07. The number of benzene rings is 1. The monoisotopic (exact) mass is 288 g/mol. The Hall–Kier alpha value is -2.20. The fourth-order valence-corrected chi connectivity index (χ4v) is 1.70. The molecule has 1 amide bonds. The number of rotatable bonds is 5. The molecule has 0 spiro atoms. The van der Waals surface area contributed by atoms with Crippen molar-refractivity contribution in [3.63, 3.8) is 0 Å². The van der Waals surface area contributed by atoms with Gasteiger partial charge in [-0.25, -0.2) is 13.6 Å². The van der Waals surface area contributed by atoms with Gasteiger partial charge in [0.05, 0.1) is 16.2 Å². The van der Waals surface area contributed by atoms with E-state index in [-0.39, 0.29) is 23.5 Å². The van der Waals surface area contributed by atoms with E-state index in [0.29, 0.717) is 0 Å². The number of hydrogen-bond acceptors (Lipinski definition) is 6. The molecule has 0 bridgehead atoms. The number of nitrogens with one attached hydrogen (secondary N) is 1. The van der Waals surface area contributed by atoms with Crippen LogP contribution in [0.1, 0.15) is 10.4 Å². The third kappa shape index (κ3) is 4.19. The number of para-hydroxylation sites is 1. The Balaban J connectivity index is 2.83. The van der Waals surface area contributed by atoms with Gasteiger partial charge in [0.1, 0.15) is 5.69 Å². The first-order chi connectivity index (χ1) is 8.72. The van der Waals surface area contributed by atoms with Crippen molar-refractivity contribution in [3.05, 3.63) is 33.9 Å². The maximum atomic E-state index is 11.7. The van der Waals surface area contributed by atoms with E-state index in [2.05, 4.69) is 5.32 Å². The Morgan fingerprint density at radius 1 is 1.42 bits per heavy atom. The molecule has 0 saturated carbocycles. The Labute approximate surface area is 108 Å². The molecule has 0 saturated heterocycles. The van der Waals surface area contributed by atoms with E-state index in [4.69, 9.17) is 10.9 Å². The third-order valence-electron chi connectivity index (χ3n) is 2.20. The molecule has 9 nitrogen and oxygen atoms in total. The van der Waals surface area contributed by atoms with Crippen LogP contribution < -0.4 is 16.2 Å². The quantitative estimate of drug-likeness (QED) is 0.365. The minimum atomic E-state index is -3.69. The van der Waals surface area contributed by atoms with E-state index in [0.717, 1.165) is 6.07 Å². The zero-order valence-corrected chi connectivity index (χ0v) is 10.5. The number of anilines is 1. The first kappa shape index (κ1) is 14.9. The Morgan fingerprint density at radius 2 is 2.05 bits per heavy atom. The van der Waals surface area contributed by atoms with E-state index in [9.17, 15) is 23.3 Å². The minimum Gasteiger partial charge on any atom is -0.393 e. The van der Waals surface area contributed by atoms with Gasteiger partial charge in [0.25, 0.3) is 11.6 Å². The van der Waals surface area contributed by atoms with Gasteiger partial charge >= 0.3 is 0 Å². The number of hydrogen-bond donors (Lipinski definition) is 3. The topological polar surface area (TPSA) is 158 Å². The van der Waals surface area contributed by atoms with Crippen LogP contribution in [0, 0.1) is 10.1 Å². The summed E-state index contributed by atoms with van der Waals surface area (Å²) in [5, 5.41) is 17.7. The molecule has 0 radical (unpaired) electrons. The van der Waals surface area contributed by atoms with Gasteiger partial charge < -0.3 is 11.1 Å². The summed E-state index contributed by atoms with van der Waals surface area (Å²) in [5.74, 6) is -1.14. The van der Waals surface area contributed by atoms with Crippen LogP contribution in [-0.4, -0.2) is 31.5 Å². The zero-order chi connectivity index (χ0) is 14.6. The molecular weight excluding hydrogens is 276 g/mol. The average molecular weight is 288 g/mol. The van der Waals surface area contributed by atoms with Gasteiger partial charge in [-0.05, 0) is 6.07 Å². The molecule has 0 aliphatic carbocycles. The maximum Gasteiger partial charge on any atom is 0.292 e. The SMILES string of the molecule is Nc1c(C(=O)NCCS(N)(=O)=O)cccc1[N+](=O)[O-]. The molecule has 0 fully saturated rings. The highest BCUT2D eigenvalue weighted by Crippen LogP contribution is 2.24. The van der Waals surface area contributed by atoms with Crippen LogP contribution in [0.2, 0.25) is 0 Å². The smallest absolute Gasteiger partial charge is 0.292 e. The van der Waals surface area contributed by atoms with Crippen molar-refractivity contribution in [2.75, 3.05) is 18.0 Å². The molecule has 0 atom stereocenters. The highest BCUT2D eigenvalue weighted by Gasteiger charge is 2.18. The average Bonchev–Trinajstić information content (AvgIpc) is 2.26. The van der Waals surface area contributed by atoms with Crippen molar-refractivity contribution in [1.29, 1.82) is 0 Å². The molecule has 1 aromatic rings. The molecule has 1 rings (SSSR count). The normalized spacial score (nSPS) is 11.0. The molecular formula is C9H12N4O5S. The largest absolute Gasteiger partial charge is 0.393 e. The van der Waals surface area contributed by atoms with E-state index < -0.39 is 26.6 Å². The maximum absolute atomic E-state index is 11.7. The Bertz CT molecular complexity index is 613. The summed E-state index contributed by atoms with van der Waals surface area (Å²) in [7, 11) is -3.69. The fourth-order valence-electron chi connectivity index (χ4n) is 1.31. The van der Waals surface area contributed by atoms with Crippen LogP contribution in [0.3, 0.4) is 0 Å². The minimum absolute atomic E-state index is 0.0939. The number of nitrogens with two attached hydrogens (primary N) is 2. The number of nitro benzene ring substituents is 1. The highest BCUT2D eigenvalue weighted by molar-refractivity contribution is 7.89. The van der Waals surface area contributed by atoms with Gasteiger partial charge in [0.15, 0.2) is 0 Å². The van der Waals surface area contributed by atoms with Crippen LogP contribution in [0.4, 0.5) is 11.4 Å². The van der Waals surface area contributed by atoms with Crippen LogP contribution in [0.25, 0.3) is 0 Å². The highest BCUT2D eigenvalue weighted by atomic mass is 32.2. The summed E-state index contributed by atoms with van der Waals surface area (Å²) in [6.45, 7) is -0.209. The van der Waals surface area contributed by atoms with Gasteiger partial charge in [-0.3, -0.25) is 14.9 Å². The van der Waals surface area contributed by atoms with Gasteiger partial charge in [-0.2, -0.15) is 0 Å². The van der Waals surface area contributed by atoms with Gasteiger partial charge in [-0.1, -0.05) is 6.07 Å². The zero-order valence-electron chi connectivity index (χ0n) is 9.70. The number of carbonyl (C=O) groups is 1. The molecule has 0 aliphatic heterocycles. The van der Waals surface area contributed by atoms with Gasteiger partial charge in [0, 0.05) is 12.6 Å². The summed E-state index contributed by atoms with van der Waals surface area (Å²) in [6.07, 6.45) is 0. The third-order valence-corrected chi connectivity index (χ3v) is 2.97. The predicted molar refractivity (Wildman–Crippen MR) is 67.8 cm³/mol. The summed E-state index contributed by atoms with van der Waals surface area (Å²) in [6, 6.07) is 3.77. The molecule has 0 aliphatic rings. The Morgan fingerprint density at radius 3 is 2.58 bits per heavy atom. The van der Waals surface area contributed by atoms with E-state index in [1.54, 1.807) is 0 Å². The molecule has 5 N–H and O–H groups in total. The number of nitrogens with zero attached hydrogens (tertiary/aromatic N) is 1. The molecule has 19 heavy (non-hydrogen) atoms. The van der Waals surface area contributed by atoms with Crippen LogP contribution in [-0.2, 0) is 10.0 Å². The summed E-state index contributed by atoms with van der Waals surface area (Å²) in [4.78, 5) is 21.6. The second kappa shape index (κ2) is 5.63. The number of carbonyl (C=O) groups excluding carboxylic acids is 1. The van der Waals surface area contributed by atoms with Gasteiger partial charge in [0.2, 0.25) is 10.0 Å². The van der Waals surface area contributed by atoms with Crippen molar-refractivity contribution in [1.82, 2.24) is 5.32 Å². The lowest BCUT2D eigenvalue weighted by molar-refractivity contribution is -0.383. The van der Waals surface area contributed by atoms with Gasteiger partial charge in [-0.15, -0.1) is 0 Å². The molecule has 10 heteroatoms. The predicted octanol–water partition coefficient (Wildman–Crippen LogP) is -0.805. The van der Waals surface area contributed by atoms with Crippen LogP contribution in [0.15, 0.2) is 18.2 Å². The van der Waals surface area contributed by atoms with E-state index >= 15 is 0 Å². The first-order valence-corrected chi connectivity index (χ1v) is 6.75. The molecule has 0 unspecified atom stereocenters. The van der Waals surface area contributed by atoms with Crippen molar-refractivity contribution in [2.24, 2.45) is 5.14 Å². The van der Waals surface area contributed by atoms with Crippen molar-refractivity contribution in [2.45, 2.75) is 0 Å². The lowest BCUT2D eigenvalue weighted by atomic mass is 10.1. The van der Waals surface area contributed by atoms with Crippen molar-refractivity contribution in [3.8, 4) is 0 Å². The number of nitrogen functional groups attached to an aromatic ring is 1. The number of nitro groups is 1. The van der Waals surface area contributed by atoms with Crippen molar-refractivity contribution < 1.29 is 18.1 Å². The second-order valence-corrected chi connectivity index (χ2v) is 5.35. The van der Waals surface area contributed by atoms with Crippen LogP contribution in [0.5, 0.6) is 0 Å². The molecule has 104 valence electrons. The number of amides is 1. The summed E-state index contributed by atoms with van der Waals surface area (Å²) in [5.41, 5.74) is 4.74. The molecule has 0 aromatic heterocycles. The van der Waals surface area contributed by atoms with E-state index in [1.807, 2.05) is 0 Å². The number of sulfonamides is 1. The summed E-state index contributed by atoms with van der Waals surface area (Å²) < 4.78 is 21.3. The number of primary sulfonamides is 1. The van der Waals surface area contributed by atoms with Crippen molar-refractivity contribution >= 4 is 27.3 Å². The second-order valence-electron chi connectivity index (χ2n) is 3.62. The Kier molecular flexibility index (Phi) is 4.40. The summed E-state index contributed by atoms with van der Waals surface area (Å²) >= 11 is 0. The molecule has 0 heterocycles. The standard InChI is InChI=1S/C9H12N4O5S/c10-8-6(2-1-3-7(8)13(15)16)9(14)12-4-5-19(11,17)18/h1-3H,4-5,10H2,(H,12,14)(H2,11,17,18). The fraction of sp³-hybridized carbons (Fsp3) is 0.222. The lowest BCUT2D eigenvalue weighted by Crippen LogP contribution is -2.31. The van der Waals surface area contributed by atoms with Crippen LogP contribution >= 0.6 is 0 Å². The molecule has 1 aromatic carbocycles.